The molecule has 0 aliphatic carbocycles. The maximum atomic E-state index is 12.2. The number of hydrogen-bond acceptors (Lipinski definition) is 2. The molecule has 3 rings (SSSR count). The highest BCUT2D eigenvalue weighted by molar-refractivity contribution is 6.42. The van der Waals surface area contributed by atoms with Crippen molar-refractivity contribution in [2.45, 2.75) is 19.5 Å². The van der Waals surface area contributed by atoms with E-state index in [0.29, 0.717) is 35.5 Å². The summed E-state index contributed by atoms with van der Waals surface area (Å²) in [7, 11) is 0. The standard InChI is InChI=1S/C19H20Cl2N2O/c20-17-8-4-7-16(19(17)21)11-22-10-15-9-18(24)23(13-15)12-14-5-2-1-3-6-14/h1-8,15,22H,9-13H2. The van der Waals surface area contributed by atoms with Crippen molar-refractivity contribution in [2.24, 2.45) is 5.92 Å². The molecule has 24 heavy (non-hydrogen) atoms. The normalized spacial score (nSPS) is 17.5. The van der Waals surface area contributed by atoms with Crippen molar-refractivity contribution in [3.8, 4) is 0 Å². The average molecular weight is 363 g/mol. The minimum atomic E-state index is 0.228. The van der Waals surface area contributed by atoms with Gasteiger partial charge in [-0.25, -0.2) is 0 Å². The lowest BCUT2D eigenvalue weighted by Crippen LogP contribution is -2.27. The fourth-order valence-corrected chi connectivity index (χ4v) is 3.43. The highest BCUT2D eigenvalue weighted by atomic mass is 35.5. The van der Waals surface area contributed by atoms with E-state index in [1.807, 2.05) is 35.2 Å². The molecule has 0 saturated carbocycles. The largest absolute Gasteiger partial charge is 0.338 e. The van der Waals surface area contributed by atoms with E-state index in [9.17, 15) is 4.79 Å². The van der Waals surface area contributed by atoms with Gasteiger partial charge in [-0.3, -0.25) is 4.79 Å². The summed E-state index contributed by atoms with van der Waals surface area (Å²) in [5.74, 6) is 0.561. The SMILES string of the molecule is O=C1CC(CNCc2cccc(Cl)c2Cl)CN1Cc1ccccc1. The summed E-state index contributed by atoms with van der Waals surface area (Å²) in [6.07, 6.45) is 0.600. The first-order valence-electron chi connectivity index (χ1n) is 8.09. The van der Waals surface area contributed by atoms with Crippen LogP contribution in [0, 0.1) is 5.92 Å². The van der Waals surface area contributed by atoms with Crippen LogP contribution in [0.25, 0.3) is 0 Å². The Bertz CT molecular complexity index is 706. The van der Waals surface area contributed by atoms with Gasteiger partial charge in [0.05, 0.1) is 10.0 Å². The number of benzene rings is 2. The van der Waals surface area contributed by atoms with Crippen LogP contribution < -0.4 is 5.32 Å². The molecule has 5 heteroatoms. The molecule has 1 aliphatic rings. The van der Waals surface area contributed by atoms with Crippen molar-refractivity contribution in [3.63, 3.8) is 0 Å². The van der Waals surface area contributed by atoms with Crippen LogP contribution in [0.1, 0.15) is 17.5 Å². The number of amides is 1. The van der Waals surface area contributed by atoms with E-state index >= 15 is 0 Å². The van der Waals surface area contributed by atoms with Crippen LogP contribution in [-0.4, -0.2) is 23.9 Å². The summed E-state index contributed by atoms with van der Waals surface area (Å²) >= 11 is 12.2. The topological polar surface area (TPSA) is 32.3 Å². The predicted octanol–water partition coefficient (Wildman–Crippen LogP) is 4.13. The number of carbonyl (C=O) groups is 1. The number of hydrogen-bond donors (Lipinski definition) is 1. The molecule has 1 saturated heterocycles. The third-order valence-corrected chi connectivity index (χ3v) is 5.15. The quantitative estimate of drug-likeness (QED) is 0.837. The Hall–Kier alpha value is -1.55. The van der Waals surface area contributed by atoms with Crippen molar-refractivity contribution in [1.29, 1.82) is 0 Å². The van der Waals surface area contributed by atoms with Crippen LogP contribution >= 0.6 is 23.2 Å². The molecule has 1 unspecified atom stereocenters. The van der Waals surface area contributed by atoms with Gasteiger partial charge in [-0.2, -0.15) is 0 Å². The van der Waals surface area contributed by atoms with E-state index in [1.54, 1.807) is 6.07 Å². The lowest BCUT2D eigenvalue weighted by molar-refractivity contribution is -0.128. The Kier molecular flexibility index (Phi) is 5.77. The van der Waals surface area contributed by atoms with Gasteiger partial charge in [-0.15, -0.1) is 0 Å². The molecule has 1 aliphatic heterocycles. The summed E-state index contributed by atoms with van der Waals surface area (Å²) in [5, 5.41) is 4.56. The van der Waals surface area contributed by atoms with E-state index in [-0.39, 0.29) is 5.91 Å². The van der Waals surface area contributed by atoms with Crippen molar-refractivity contribution in [1.82, 2.24) is 10.2 Å². The molecule has 1 amide bonds. The van der Waals surface area contributed by atoms with Gasteiger partial charge in [0.15, 0.2) is 0 Å². The van der Waals surface area contributed by atoms with Gasteiger partial charge in [0.1, 0.15) is 0 Å². The molecule has 126 valence electrons. The number of carbonyl (C=O) groups excluding carboxylic acids is 1. The Balaban J connectivity index is 1.49. The second-order valence-electron chi connectivity index (χ2n) is 6.17. The summed E-state index contributed by atoms with van der Waals surface area (Å²) in [4.78, 5) is 14.1. The van der Waals surface area contributed by atoms with Crippen molar-refractivity contribution in [2.75, 3.05) is 13.1 Å². The van der Waals surface area contributed by atoms with Crippen molar-refractivity contribution >= 4 is 29.1 Å². The van der Waals surface area contributed by atoms with E-state index in [1.165, 1.54) is 5.56 Å². The molecular weight excluding hydrogens is 343 g/mol. The molecule has 2 aromatic rings. The minimum absolute atomic E-state index is 0.228. The summed E-state index contributed by atoms with van der Waals surface area (Å²) in [6, 6.07) is 15.7. The van der Waals surface area contributed by atoms with Crippen LogP contribution in [0.3, 0.4) is 0 Å². The molecule has 1 N–H and O–H groups in total. The molecular formula is C19H20Cl2N2O. The van der Waals surface area contributed by atoms with Crippen LogP contribution in [-0.2, 0) is 17.9 Å². The molecule has 1 atom stereocenters. The predicted molar refractivity (Wildman–Crippen MR) is 98.1 cm³/mol. The van der Waals surface area contributed by atoms with Gasteiger partial charge < -0.3 is 10.2 Å². The number of nitrogens with one attached hydrogen (secondary N) is 1. The van der Waals surface area contributed by atoms with E-state index in [2.05, 4.69) is 17.4 Å². The third kappa shape index (κ3) is 4.29. The zero-order chi connectivity index (χ0) is 16.9. The summed E-state index contributed by atoms with van der Waals surface area (Å²) < 4.78 is 0. The zero-order valence-corrected chi connectivity index (χ0v) is 14.9. The smallest absolute Gasteiger partial charge is 0.223 e. The monoisotopic (exact) mass is 362 g/mol. The van der Waals surface area contributed by atoms with Crippen LogP contribution in [0.2, 0.25) is 10.0 Å². The fourth-order valence-electron chi connectivity index (χ4n) is 3.04. The number of likely N-dealkylation sites (tertiary alicyclic amines) is 1. The maximum absolute atomic E-state index is 12.2. The number of nitrogens with zero attached hydrogens (tertiary/aromatic N) is 1. The zero-order valence-electron chi connectivity index (χ0n) is 13.3. The van der Waals surface area contributed by atoms with E-state index in [0.717, 1.165) is 18.7 Å². The summed E-state index contributed by atoms with van der Waals surface area (Å²) in [6.45, 7) is 2.93. The number of rotatable bonds is 6. The van der Waals surface area contributed by atoms with Gasteiger partial charge in [0.2, 0.25) is 5.91 Å². The van der Waals surface area contributed by atoms with E-state index in [4.69, 9.17) is 23.2 Å². The first kappa shape index (κ1) is 17.3. The van der Waals surface area contributed by atoms with Crippen molar-refractivity contribution in [3.05, 3.63) is 69.7 Å². The molecule has 0 bridgehead atoms. The molecule has 1 heterocycles. The Morgan fingerprint density at radius 2 is 1.88 bits per heavy atom. The Labute approximate surface area is 152 Å². The lowest BCUT2D eigenvalue weighted by Gasteiger charge is -2.17. The third-order valence-electron chi connectivity index (χ3n) is 4.29. The molecule has 1 fully saturated rings. The highest BCUT2D eigenvalue weighted by Crippen LogP contribution is 2.25. The second kappa shape index (κ2) is 8.02. The summed E-state index contributed by atoms with van der Waals surface area (Å²) in [5.41, 5.74) is 2.15. The van der Waals surface area contributed by atoms with Gasteiger partial charge >= 0.3 is 0 Å². The Morgan fingerprint density at radius 3 is 2.67 bits per heavy atom. The van der Waals surface area contributed by atoms with Gasteiger partial charge in [-0.05, 0) is 23.1 Å². The number of halogens is 2. The lowest BCUT2D eigenvalue weighted by atomic mass is 10.1. The second-order valence-corrected chi connectivity index (χ2v) is 6.96. The average Bonchev–Trinajstić information content (AvgIpc) is 2.92. The van der Waals surface area contributed by atoms with Crippen molar-refractivity contribution < 1.29 is 4.79 Å². The highest BCUT2D eigenvalue weighted by Gasteiger charge is 2.29. The van der Waals surface area contributed by atoms with E-state index < -0.39 is 0 Å². The molecule has 0 radical (unpaired) electrons. The molecule has 0 spiro atoms. The molecule has 3 nitrogen and oxygen atoms in total. The first-order chi connectivity index (χ1) is 11.6. The molecule has 0 aromatic heterocycles. The van der Waals surface area contributed by atoms with Gasteiger partial charge in [-0.1, -0.05) is 65.7 Å². The van der Waals surface area contributed by atoms with Gasteiger partial charge in [0.25, 0.3) is 0 Å². The van der Waals surface area contributed by atoms with Crippen LogP contribution in [0.15, 0.2) is 48.5 Å². The van der Waals surface area contributed by atoms with Crippen LogP contribution in [0.4, 0.5) is 0 Å². The maximum Gasteiger partial charge on any atom is 0.223 e. The van der Waals surface area contributed by atoms with Crippen LogP contribution in [0.5, 0.6) is 0 Å². The van der Waals surface area contributed by atoms with Gasteiger partial charge in [0, 0.05) is 32.6 Å². The minimum Gasteiger partial charge on any atom is -0.338 e. The first-order valence-corrected chi connectivity index (χ1v) is 8.84. The Morgan fingerprint density at radius 1 is 1.08 bits per heavy atom. The molecule has 2 aromatic carbocycles. The fraction of sp³-hybridized carbons (Fsp3) is 0.316.